The Morgan fingerprint density at radius 1 is 1.06 bits per heavy atom. The molecule has 3 aromatic rings. The van der Waals surface area contributed by atoms with Gasteiger partial charge in [0.15, 0.2) is 0 Å². The molecule has 0 radical (unpaired) electrons. The molecular formula is C14H11NOS. The van der Waals surface area contributed by atoms with Crippen LogP contribution in [0.25, 0.3) is 10.9 Å². The number of aliphatic hydroxyl groups excluding tert-OH is 1. The van der Waals surface area contributed by atoms with Crippen molar-refractivity contribution in [1.29, 1.82) is 0 Å². The highest BCUT2D eigenvalue weighted by Crippen LogP contribution is 2.24. The van der Waals surface area contributed by atoms with Gasteiger partial charge in [-0.05, 0) is 34.5 Å². The van der Waals surface area contributed by atoms with Crippen molar-refractivity contribution in [2.75, 3.05) is 0 Å². The average Bonchev–Trinajstić information content (AvgIpc) is 2.91. The molecule has 84 valence electrons. The Morgan fingerprint density at radius 3 is 2.76 bits per heavy atom. The molecule has 1 N–H and O–H groups in total. The van der Waals surface area contributed by atoms with Gasteiger partial charge in [-0.3, -0.25) is 0 Å². The van der Waals surface area contributed by atoms with Crippen LogP contribution in [0.5, 0.6) is 0 Å². The highest BCUT2D eigenvalue weighted by atomic mass is 32.1. The van der Waals surface area contributed by atoms with Crippen LogP contribution in [0, 0.1) is 0 Å². The zero-order valence-corrected chi connectivity index (χ0v) is 9.89. The van der Waals surface area contributed by atoms with Gasteiger partial charge in [-0.2, -0.15) is 11.3 Å². The Kier molecular flexibility index (Phi) is 2.63. The Balaban J connectivity index is 2.06. The summed E-state index contributed by atoms with van der Waals surface area (Å²) in [5.41, 5.74) is 2.51. The van der Waals surface area contributed by atoms with E-state index >= 15 is 0 Å². The molecular weight excluding hydrogens is 230 g/mol. The molecule has 3 heteroatoms. The predicted octanol–water partition coefficient (Wildman–Crippen LogP) is 3.38. The van der Waals surface area contributed by atoms with Crippen LogP contribution in [0.15, 0.2) is 53.2 Å². The van der Waals surface area contributed by atoms with E-state index in [0.717, 1.165) is 16.5 Å². The Labute approximate surface area is 103 Å². The van der Waals surface area contributed by atoms with Gasteiger partial charge in [0.25, 0.3) is 0 Å². The van der Waals surface area contributed by atoms with E-state index in [1.165, 1.54) is 0 Å². The van der Waals surface area contributed by atoms with Crippen LogP contribution in [0.2, 0.25) is 0 Å². The molecule has 0 aliphatic heterocycles. The summed E-state index contributed by atoms with van der Waals surface area (Å²) in [7, 11) is 0. The monoisotopic (exact) mass is 241 g/mol. The zero-order valence-electron chi connectivity index (χ0n) is 9.08. The molecule has 0 amide bonds. The number of pyridine rings is 1. The number of benzene rings is 1. The van der Waals surface area contributed by atoms with Crippen molar-refractivity contribution in [1.82, 2.24) is 4.98 Å². The third-order valence-corrected chi connectivity index (χ3v) is 3.46. The van der Waals surface area contributed by atoms with Gasteiger partial charge in [-0.1, -0.05) is 24.3 Å². The first kappa shape index (κ1) is 10.4. The minimum absolute atomic E-state index is 0.633. The summed E-state index contributed by atoms with van der Waals surface area (Å²) < 4.78 is 0. The highest BCUT2D eigenvalue weighted by Gasteiger charge is 2.12. The topological polar surface area (TPSA) is 33.1 Å². The van der Waals surface area contributed by atoms with Crippen molar-refractivity contribution in [3.63, 3.8) is 0 Å². The van der Waals surface area contributed by atoms with E-state index in [1.54, 1.807) is 11.3 Å². The highest BCUT2D eigenvalue weighted by molar-refractivity contribution is 7.07. The molecule has 0 spiro atoms. The summed E-state index contributed by atoms with van der Waals surface area (Å²) in [4.78, 5) is 4.49. The number of para-hydroxylation sites is 1. The minimum atomic E-state index is -0.633. The number of fused-ring (bicyclic) bond motifs is 1. The van der Waals surface area contributed by atoms with Crippen LogP contribution in [0.3, 0.4) is 0 Å². The third kappa shape index (κ3) is 1.95. The van der Waals surface area contributed by atoms with Gasteiger partial charge < -0.3 is 5.11 Å². The number of hydrogen-bond acceptors (Lipinski definition) is 3. The summed E-state index contributed by atoms with van der Waals surface area (Å²) in [5.74, 6) is 0. The molecule has 2 heterocycles. The number of thiophene rings is 1. The minimum Gasteiger partial charge on any atom is -0.382 e. The number of nitrogens with zero attached hydrogens (tertiary/aromatic N) is 1. The molecule has 0 aliphatic rings. The average molecular weight is 241 g/mol. The van der Waals surface area contributed by atoms with E-state index in [2.05, 4.69) is 4.98 Å². The summed E-state index contributed by atoms with van der Waals surface area (Å²) in [6, 6.07) is 13.7. The van der Waals surface area contributed by atoms with Gasteiger partial charge in [-0.25, -0.2) is 4.98 Å². The van der Waals surface area contributed by atoms with Crippen molar-refractivity contribution in [2.45, 2.75) is 6.10 Å². The van der Waals surface area contributed by atoms with Gasteiger partial charge in [0.1, 0.15) is 6.10 Å². The lowest BCUT2D eigenvalue weighted by Gasteiger charge is -2.09. The number of aliphatic hydroxyl groups is 1. The maximum atomic E-state index is 10.2. The van der Waals surface area contributed by atoms with Crippen LogP contribution < -0.4 is 0 Å². The molecule has 1 aromatic carbocycles. The fourth-order valence-corrected chi connectivity index (χ4v) is 2.51. The Morgan fingerprint density at radius 2 is 1.94 bits per heavy atom. The molecule has 0 saturated heterocycles. The van der Waals surface area contributed by atoms with E-state index in [0.29, 0.717) is 5.69 Å². The van der Waals surface area contributed by atoms with Crippen LogP contribution >= 0.6 is 11.3 Å². The van der Waals surface area contributed by atoms with Gasteiger partial charge in [-0.15, -0.1) is 0 Å². The predicted molar refractivity (Wildman–Crippen MR) is 70.1 cm³/mol. The second-order valence-corrected chi connectivity index (χ2v) is 4.67. The molecule has 0 saturated carbocycles. The summed E-state index contributed by atoms with van der Waals surface area (Å²) in [6.45, 7) is 0. The van der Waals surface area contributed by atoms with Gasteiger partial charge >= 0.3 is 0 Å². The van der Waals surface area contributed by atoms with Crippen molar-refractivity contribution in [3.8, 4) is 0 Å². The van der Waals surface area contributed by atoms with E-state index in [9.17, 15) is 5.11 Å². The van der Waals surface area contributed by atoms with Gasteiger partial charge in [0, 0.05) is 5.39 Å². The molecule has 2 nitrogen and oxygen atoms in total. The van der Waals surface area contributed by atoms with E-state index < -0.39 is 6.10 Å². The summed E-state index contributed by atoms with van der Waals surface area (Å²) in [6.07, 6.45) is -0.633. The fraction of sp³-hybridized carbons (Fsp3) is 0.0714. The maximum Gasteiger partial charge on any atom is 0.122 e. The SMILES string of the molecule is OC(c1ccsc1)c1ccc2ccccc2n1. The fourth-order valence-electron chi connectivity index (χ4n) is 1.84. The van der Waals surface area contributed by atoms with E-state index in [4.69, 9.17) is 0 Å². The second-order valence-electron chi connectivity index (χ2n) is 3.89. The van der Waals surface area contributed by atoms with Crippen LogP contribution in [0.1, 0.15) is 17.4 Å². The lowest BCUT2D eigenvalue weighted by atomic mass is 10.1. The van der Waals surface area contributed by atoms with Gasteiger partial charge in [0.05, 0.1) is 11.2 Å². The van der Waals surface area contributed by atoms with Crippen molar-refractivity contribution in [2.24, 2.45) is 0 Å². The van der Waals surface area contributed by atoms with E-state index in [-0.39, 0.29) is 0 Å². The third-order valence-electron chi connectivity index (χ3n) is 2.76. The number of rotatable bonds is 2. The summed E-state index contributed by atoms with van der Waals surface area (Å²) in [5, 5.41) is 15.2. The van der Waals surface area contributed by atoms with Crippen LogP contribution in [-0.4, -0.2) is 10.1 Å². The van der Waals surface area contributed by atoms with E-state index in [1.807, 2.05) is 53.2 Å². The molecule has 2 aromatic heterocycles. The molecule has 1 atom stereocenters. The largest absolute Gasteiger partial charge is 0.382 e. The number of hydrogen-bond donors (Lipinski definition) is 1. The first-order chi connectivity index (χ1) is 8.34. The van der Waals surface area contributed by atoms with Gasteiger partial charge in [0.2, 0.25) is 0 Å². The van der Waals surface area contributed by atoms with Crippen molar-refractivity contribution in [3.05, 3.63) is 64.5 Å². The first-order valence-corrected chi connectivity index (χ1v) is 6.35. The van der Waals surface area contributed by atoms with Crippen molar-refractivity contribution < 1.29 is 5.11 Å². The van der Waals surface area contributed by atoms with Crippen molar-refractivity contribution >= 4 is 22.2 Å². The molecule has 1 unspecified atom stereocenters. The molecule has 0 bridgehead atoms. The normalized spacial score (nSPS) is 12.8. The summed E-state index contributed by atoms with van der Waals surface area (Å²) >= 11 is 1.58. The molecule has 0 aliphatic carbocycles. The molecule has 17 heavy (non-hydrogen) atoms. The zero-order chi connectivity index (χ0) is 11.7. The lowest BCUT2D eigenvalue weighted by Crippen LogP contribution is -2.00. The smallest absolute Gasteiger partial charge is 0.122 e. The Hall–Kier alpha value is -1.71. The molecule has 0 fully saturated rings. The van der Waals surface area contributed by atoms with Crippen LogP contribution in [0.4, 0.5) is 0 Å². The number of aromatic nitrogens is 1. The maximum absolute atomic E-state index is 10.2. The Bertz CT molecular complexity index is 634. The quantitative estimate of drug-likeness (QED) is 0.746. The first-order valence-electron chi connectivity index (χ1n) is 5.40. The second kappa shape index (κ2) is 4.28. The lowest BCUT2D eigenvalue weighted by molar-refractivity contribution is 0.216. The van der Waals surface area contributed by atoms with Crippen LogP contribution in [-0.2, 0) is 0 Å². The standard InChI is InChI=1S/C14H11NOS/c16-14(11-7-8-17-9-11)13-6-5-10-3-1-2-4-12(10)15-13/h1-9,14,16H. The molecule has 3 rings (SSSR count).